The lowest BCUT2D eigenvalue weighted by Crippen LogP contribution is -2.40. The molecule has 138 valence electrons. The van der Waals surface area contributed by atoms with Gasteiger partial charge in [-0.1, -0.05) is 41.9 Å². The number of hydrogen-bond donors (Lipinski definition) is 2. The van der Waals surface area contributed by atoms with E-state index < -0.39 is 0 Å². The molecule has 0 unspecified atom stereocenters. The van der Waals surface area contributed by atoms with Crippen LogP contribution in [0.3, 0.4) is 0 Å². The van der Waals surface area contributed by atoms with Crippen LogP contribution in [0.2, 0.25) is 5.02 Å². The molecular formula is C19H23ClN4O2. The second kappa shape index (κ2) is 8.98. The summed E-state index contributed by atoms with van der Waals surface area (Å²) in [5.41, 5.74) is 2.21. The number of methoxy groups -OCH3 is 1. The summed E-state index contributed by atoms with van der Waals surface area (Å²) in [6, 6.07) is 11.3. The number of ether oxygens (including phenoxy) is 1. The summed E-state index contributed by atoms with van der Waals surface area (Å²) in [6.07, 6.45) is 2.51. The SMILES string of the molecule is COCCN1CC[C@H](NC(=O)Nc2cc(Cl)cnc2-c2ccccc2)C1. The number of anilines is 1. The number of carbonyl (C=O) groups excluding carboxylic acids is 1. The standard InChI is InChI=1S/C19H23ClN4O2/c1-26-10-9-24-8-7-16(13-24)22-19(25)23-17-11-15(20)12-21-18(17)14-5-3-2-4-6-14/h2-6,11-12,16H,7-10,13H2,1H3,(H2,22,23,25)/t16-/m0/s1. The van der Waals surface area contributed by atoms with Crippen molar-refractivity contribution in [2.75, 3.05) is 38.7 Å². The van der Waals surface area contributed by atoms with Gasteiger partial charge in [-0.3, -0.25) is 9.88 Å². The average Bonchev–Trinajstić information content (AvgIpc) is 3.08. The minimum Gasteiger partial charge on any atom is -0.383 e. The first kappa shape index (κ1) is 18.6. The number of likely N-dealkylation sites (tertiary alicyclic amines) is 1. The molecule has 0 aliphatic carbocycles. The quantitative estimate of drug-likeness (QED) is 0.814. The van der Waals surface area contributed by atoms with Crippen molar-refractivity contribution in [3.8, 4) is 11.3 Å². The number of pyridine rings is 1. The third kappa shape index (κ3) is 4.94. The molecular weight excluding hydrogens is 352 g/mol. The Morgan fingerprint density at radius 3 is 2.96 bits per heavy atom. The maximum absolute atomic E-state index is 12.4. The molecule has 26 heavy (non-hydrogen) atoms. The van der Waals surface area contributed by atoms with Gasteiger partial charge in [0.05, 0.1) is 23.0 Å². The largest absolute Gasteiger partial charge is 0.383 e. The molecule has 2 heterocycles. The van der Waals surface area contributed by atoms with Gasteiger partial charge in [-0.15, -0.1) is 0 Å². The number of carbonyl (C=O) groups is 1. The fraction of sp³-hybridized carbons (Fsp3) is 0.368. The number of nitrogens with zero attached hydrogens (tertiary/aromatic N) is 2. The summed E-state index contributed by atoms with van der Waals surface area (Å²) in [5.74, 6) is 0. The topological polar surface area (TPSA) is 66.5 Å². The fourth-order valence-corrected chi connectivity index (χ4v) is 3.24. The molecule has 0 radical (unpaired) electrons. The molecule has 1 aromatic carbocycles. The number of hydrogen-bond acceptors (Lipinski definition) is 4. The Morgan fingerprint density at radius 2 is 2.19 bits per heavy atom. The molecule has 1 fully saturated rings. The van der Waals surface area contributed by atoms with Crippen molar-refractivity contribution in [1.29, 1.82) is 0 Å². The van der Waals surface area contributed by atoms with Crippen LogP contribution in [-0.4, -0.2) is 55.3 Å². The molecule has 7 heteroatoms. The lowest BCUT2D eigenvalue weighted by molar-refractivity contribution is 0.160. The molecule has 0 bridgehead atoms. The Bertz CT molecular complexity index is 742. The van der Waals surface area contributed by atoms with Crippen molar-refractivity contribution < 1.29 is 9.53 Å². The highest BCUT2D eigenvalue weighted by Crippen LogP contribution is 2.28. The van der Waals surface area contributed by atoms with Gasteiger partial charge in [0.1, 0.15) is 0 Å². The zero-order valence-corrected chi connectivity index (χ0v) is 15.5. The van der Waals surface area contributed by atoms with Crippen molar-refractivity contribution >= 4 is 23.3 Å². The second-order valence-corrected chi connectivity index (χ2v) is 6.73. The van der Waals surface area contributed by atoms with E-state index in [1.54, 1.807) is 19.4 Å². The smallest absolute Gasteiger partial charge is 0.319 e. The van der Waals surface area contributed by atoms with Gasteiger partial charge in [-0.2, -0.15) is 0 Å². The number of aromatic nitrogens is 1. The van der Waals surface area contributed by atoms with Gasteiger partial charge in [0.25, 0.3) is 0 Å². The summed E-state index contributed by atoms with van der Waals surface area (Å²) in [6.45, 7) is 3.37. The van der Waals surface area contributed by atoms with E-state index >= 15 is 0 Å². The number of rotatable bonds is 6. The number of amides is 2. The van der Waals surface area contributed by atoms with Crippen molar-refractivity contribution in [3.05, 3.63) is 47.6 Å². The number of nitrogens with one attached hydrogen (secondary N) is 2. The molecule has 1 aliphatic rings. The number of halogens is 1. The highest BCUT2D eigenvalue weighted by molar-refractivity contribution is 6.30. The van der Waals surface area contributed by atoms with Crippen molar-refractivity contribution in [1.82, 2.24) is 15.2 Å². The van der Waals surface area contributed by atoms with Crippen LogP contribution >= 0.6 is 11.6 Å². The lowest BCUT2D eigenvalue weighted by atomic mass is 10.1. The molecule has 1 saturated heterocycles. The van der Waals surface area contributed by atoms with Crippen LogP contribution in [0.5, 0.6) is 0 Å². The first-order valence-corrected chi connectivity index (χ1v) is 9.03. The third-order valence-corrected chi connectivity index (χ3v) is 4.58. The fourth-order valence-electron chi connectivity index (χ4n) is 3.08. The minimum absolute atomic E-state index is 0.124. The highest BCUT2D eigenvalue weighted by Gasteiger charge is 2.23. The molecule has 2 aromatic rings. The Labute approximate surface area is 158 Å². The molecule has 1 aliphatic heterocycles. The summed E-state index contributed by atoms with van der Waals surface area (Å²) in [5, 5.41) is 6.40. The maximum atomic E-state index is 12.4. The number of urea groups is 1. The van der Waals surface area contributed by atoms with Crippen LogP contribution in [0.15, 0.2) is 42.6 Å². The number of benzene rings is 1. The second-order valence-electron chi connectivity index (χ2n) is 6.29. The Kier molecular flexibility index (Phi) is 6.44. The zero-order chi connectivity index (χ0) is 18.4. The van der Waals surface area contributed by atoms with Crippen molar-refractivity contribution in [3.63, 3.8) is 0 Å². The molecule has 2 N–H and O–H groups in total. The minimum atomic E-state index is -0.246. The van der Waals surface area contributed by atoms with Gasteiger partial charge >= 0.3 is 6.03 Å². The van der Waals surface area contributed by atoms with Crippen LogP contribution in [0.25, 0.3) is 11.3 Å². The summed E-state index contributed by atoms with van der Waals surface area (Å²) >= 11 is 6.07. The van der Waals surface area contributed by atoms with Crippen LogP contribution in [0, 0.1) is 0 Å². The summed E-state index contributed by atoms with van der Waals surface area (Å²) < 4.78 is 5.10. The van der Waals surface area contributed by atoms with Crippen LogP contribution in [-0.2, 0) is 4.74 Å². The molecule has 6 nitrogen and oxygen atoms in total. The maximum Gasteiger partial charge on any atom is 0.319 e. The predicted molar refractivity (Wildman–Crippen MR) is 104 cm³/mol. The van der Waals surface area contributed by atoms with Gasteiger partial charge in [-0.05, 0) is 12.5 Å². The first-order valence-electron chi connectivity index (χ1n) is 8.65. The third-order valence-electron chi connectivity index (χ3n) is 4.37. The molecule has 1 atom stereocenters. The van der Waals surface area contributed by atoms with Gasteiger partial charge in [0.2, 0.25) is 0 Å². The molecule has 2 amide bonds. The van der Waals surface area contributed by atoms with Gasteiger partial charge in [0.15, 0.2) is 0 Å². The highest BCUT2D eigenvalue weighted by atomic mass is 35.5. The van der Waals surface area contributed by atoms with Gasteiger partial charge < -0.3 is 15.4 Å². The van der Waals surface area contributed by atoms with Crippen molar-refractivity contribution in [2.24, 2.45) is 0 Å². The molecule has 0 spiro atoms. The summed E-state index contributed by atoms with van der Waals surface area (Å²) in [4.78, 5) is 19.1. The monoisotopic (exact) mass is 374 g/mol. The van der Waals surface area contributed by atoms with Crippen molar-refractivity contribution in [2.45, 2.75) is 12.5 Å². The Hall–Kier alpha value is -2.15. The Balaban J connectivity index is 1.64. The van der Waals surface area contributed by atoms with E-state index in [9.17, 15) is 4.79 Å². The van der Waals surface area contributed by atoms with Gasteiger partial charge in [0, 0.05) is 44.5 Å². The molecule has 1 aromatic heterocycles. The molecule has 3 rings (SSSR count). The lowest BCUT2D eigenvalue weighted by Gasteiger charge is -2.17. The van der Waals surface area contributed by atoms with Crippen LogP contribution < -0.4 is 10.6 Å². The normalized spacial score (nSPS) is 17.2. The predicted octanol–water partition coefficient (Wildman–Crippen LogP) is 3.24. The van der Waals surface area contributed by atoms with E-state index in [4.69, 9.17) is 16.3 Å². The van der Waals surface area contributed by atoms with E-state index in [0.29, 0.717) is 23.0 Å². The zero-order valence-electron chi connectivity index (χ0n) is 14.7. The van der Waals surface area contributed by atoms with E-state index in [1.807, 2.05) is 30.3 Å². The van der Waals surface area contributed by atoms with E-state index in [0.717, 1.165) is 31.6 Å². The van der Waals surface area contributed by atoms with Crippen LogP contribution in [0.1, 0.15) is 6.42 Å². The Morgan fingerprint density at radius 1 is 1.38 bits per heavy atom. The van der Waals surface area contributed by atoms with E-state index in [2.05, 4.69) is 20.5 Å². The van der Waals surface area contributed by atoms with E-state index in [-0.39, 0.29) is 12.1 Å². The van der Waals surface area contributed by atoms with E-state index in [1.165, 1.54) is 0 Å². The first-order chi connectivity index (χ1) is 12.7. The van der Waals surface area contributed by atoms with Gasteiger partial charge in [-0.25, -0.2) is 4.79 Å². The molecule has 0 saturated carbocycles. The summed E-state index contributed by atoms with van der Waals surface area (Å²) in [7, 11) is 1.70. The average molecular weight is 375 g/mol. The van der Waals surface area contributed by atoms with Crippen LogP contribution in [0.4, 0.5) is 10.5 Å².